The Morgan fingerprint density at radius 2 is 1.78 bits per heavy atom. The number of aliphatic hydroxyl groups is 3. The van der Waals surface area contributed by atoms with Gasteiger partial charge < -0.3 is 36.3 Å². The van der Waals surface area contributed by atoms with Crippen LogP contribution in [0.2, 0.25) is 0 Å². The number of nitrogens with one attached hydrogen (secondary N) is 1. The average molecular weight is 564 g/mol. The number of phenolic OH excluding ortho intramolecular Hbond substituents is 1. The molecule has 1 fully saturated rings. The zero-order chi connectivity index (χ0) is 29.8. The molecule has 2 amide bonds. The number of phenols is 1. The number of hydrogen-bond donors (Lipinski definition) is 6. The number of aromatic hydroxyl groups is 1. The summed E-state index contributed by atoms with van der Waals surface area (Å²) < 4.78 is 0. The molecule has 2 aromatic carbocycles. The number of fused-ring (bicyclic) bond motifs is 3. The molecule has 0 radical (unpaired) electrons. The second-order valence-electron chi connectivity index (χ2n) is 10.5. The Balaban J connectivity index is 1.53. The van der Waals surface area contributed by atoms with E-state index >= 15 is 0 Å². The van der Waals surface area contributed by atoms with Crippen LogP contribution in [0, 0.1) is 11.8 Å². The molecule has 0 spiro atoms. The van der Waals surface area contributed by atoms with Crippen molar-refractivity contribution < 1.29 is 44.4 Å². The van der Waals surface area contributed by atoms with E-state index in [0.29, 0.717) is 22.4 Å². The lowest BCUT2D eigenvalue weighted by Gasteiger charge is -2.46. The van der Waals surface area contributed by atoms with Crippen molar-refractivity contribution in [2.75, 3.05) is 26.0 Å². The first-order valence-corrected chi connectivity index (χ1v) is 12.9. The van der Waals surface area contributed by atoms with Gasteiger partial charge in [-0.1, -0.05) is 18.2 Å². The third-order valence-corrected chi connectivity index (χ3v) is 8.10. The maximum atomic E-state index is 13.6. The number of aliphatic hydroxyl groups excluding tert-OH is 2. The molecular weight excluding hydrogens is 534 g/mol. The lowest BCUT2D eigenvalue weighted by molar-refractivity contribution is -0.147. The van der Waals surface area contributed by atoms with Gasteiger partial charge in [0.1, 0.15) is 29.4 Å². The summed E-state index contributed by atoms with van der Waals surface area (Å²) in [5.41, 5.74) is 4.05. The number of nitrogens with zero attached hydrogens (tertiary/aromatic N) is 1. The van der Waals surface area contributed by atoms with Crippen LogP contribution in [0.15, 0.2) is 53.3 Å². The third kappa shape index (κ3) is 4.46. The van der Waals surface area contributed by atoms with Gasteiger partial charge in [0.05, 0.1) is 12.7 Å². The third-order valence-electron chi connectivity index (χ3n) is 8.10. The van der Waals surface area contributed by atoms with Crippen molar-refractivity contribution in [3.8, 4) is 16.9 Å². The maximum Gasteiger partial charge on any atom is 0.255 e. The molecule has 0 bridgehead atoms. The normalized spacial score (nSPS) is 23.7. The number of hydroxylamine groups is 2. The monoisotopic (exact) mass is 563 g/mol. The Kier molecular flexibility index (Phi) is 6.93. The van der Waals surface area contributed by atoms with Crippen molar-refractivity contribution in [1.82, 2.24) is 5.06 Å². The van der Waals surface area contributed by atoms with Crippen LogP contribution in [0.5, 0.6) is 5.75 Å². The van der Waals surface area contributed by atoms with Crippen molar-refractivity contribution in [1.29, 1.82) is 0 Å². The van der Waals surface area contributed by atoms with Gasteiger partial charge in [0, 0.05) is 30.6 Å². The van der Waals surface area contributed by atoms with E-state index < -0.39 is 52.0 Å². The van der Waals surface area contributed by atoms with Gasteiger partial charge in [-0.25, -0.2) is 0 Å². The van der Waals surface area contributed by atoms with Crippen LogP contribution in [-0.4, -0.2) is 75.2 Å². The summed E-state index contributed by atoms with van der Waals surface area (Å²) in [5.74, 6) is -7.02. The highest BCUT2D eigenvalue weighted by molar-refractivity contribution is 6.22. The van der Waals surface area contributed by atoms with E-state index in [9.17, 15) is 39.6 Å². The Labute approximate surface area is 234 Å². The van der Waals surface area contributed by atoms with Crippen molar-refractivity contribution in [3.05, 3.63) is 64.4 Å². The van der Waals surface area contributed by atoms with Crippen LogP contribution in [0.25, 0.3) is 16.9 Å². The average Bonchev–Trinajstić information content (AvgIpc) is 2.91. The summed E-state index contributed by atoms with van der Waals surface area (Å²) in [6.45, 7) is 0.0247. The molecule has 0 saturated heterocycles. The highest BCUT2D eigenvalue weighted by Gasteiger charge is 2.60. The smallest absolute Gasteiger partial charge is 0.255 e. The lowest BCUT2D eigenvalue weighted by Crippen LogP contribution is -2.58. The molecule has 1 saturated carbocycles. The molecule has 3 atom stereocenters. The van der Waals surface area contributed by atoms with Crippen LogP contribution in [-0.2, 0) is 30.4 Å². The largest absolute Gasteiger partial charge is 0.508 e. The lowest BCUT2D eigenvalue weighted by atomic mass is 9.59. The Bertz CT molecular complexity index is 1560. The number of likely N-dealkylation sites (N-methyl/N-ethyl adjacent to an activating group) is 1. The molecule has 12 nitrogen and oxygen atoms in total. The number of primary amides is 1. The zero-order valence-corrected chi connectivity index (χ0v) is 22.3. The number of Topliss-reactive ketones (excluding diaryl/α,β-unsaturated/α-hetero) is 2. The summed E-state index contributed by atoms with van der Waals surface area (Å²) in [5, 5.41) is 48.2. The maximum absolute atomic E-state index is 13.6. The van der Waals surface area contributed by atoms with E-state index in [4.69, 9.17) is 10.6 Å². The zero-order valence-electron chi connectivity index (χ0n) is 22.3. The number of carbonyl (C=O) groups is 4. The Morgan fingerprint density at radius 1 is 1.10 bits per heavy atom. The fourth-order valence-electron chi connectivity index (χ4n) is 6.09. The molecule has 3 aliphatic rings. The summed E-state index contributed by atoms with van der Waals surface area (Å²) in [6.07, 6.45) is -0.166. The number of benzene rings is 2. The van der Waals surface area contributed by atoms with Crippen molar-refractivity contribution >= 4 is 34.8 Å². The van der Waals surface area contributed by atoms with Crippen molar-refractivity contribution in [2.24, 2.45) is 17.6 Å². The van der Waals surface area contributed by atoms with Gasteiger partial charge in [-0.05, 0) is 53.6 Å². The number of carbonyl (C=O) groups excluding carboxylic acids is 4. The minimum absolute atomic E-state index is 0.00890. The predicted octanol–water partition coefficient (Wildman–Crippen LogP) is 1.52. The summed E-state index contributed by atoms with van der Waals surface area (Å²) in [6, 6.07) is 9.97. The number of rotatable bonds is 6. The minimum Gasteiger partial charge on any atom is -0.508 e. The molecule has 214 valence electrons. The Hall–Kier alpha value is -4.52. The van der Waals surface area contributed by atoms with E-state index in [1.807, 2.05) is 0 Å². The number of nitrogens with two attached hydrogens (primary N) is 1. The van der Waals surface area contributed by atoms with E-state index in [1.54, 1.807) is 37.4 Å². The van der Waals surface area contributed by atoms with E-state index in [-0.39, 0.29) is 48.6 Å². The molecule has 0 aromatic heterocycles. The van der Waals surface area contributed by atoms with Gasteiger partial charge in [0.15, 0.2) is 11.4 Å². The van der Waals surface area contributed by atoms with Gasteiger partial charge in [-0.2, -0.15) is 5.06 Å². The second-order valence-corrected chi connectivity index (χ2v) is 10.5. The first-order valence-electron chi connectivity index (χ1n) is 12.9. The Morgan fingerprint density at radius 3 is 2.41 bits per heavy atom. The van der Waals surface area contributed by atoms with Crippen LogP contribution in [0.4, 0.5) is 5.69 Å². The van der Waals surface area contributed by atoms with Crippen molar-refractivity contribution in [2.45, 2.75) is 24.9 Å². The van der Waals surface area contributed by atoms with Crippen molar-refractivity contribution in [3.63, 3.8) is 0 Å². The predicted molar refractivity (Wildman–Crippen MR) is 145 cm³/mol. The van der Waals surface area contributed by atoms with Gasteiger partial charge in [0.2, 0.25) is 11.7 Å². The molecule has 41 heavy (non-hydrogen) atoms. The quantitative estimate of drug-likeness (QED) is 0.221. The van der Waals surface area contributed by atoms with Gasteiger partial charge in [-0.15, -0.1) is 0 Å². The van der Waals surface area contributed by atoms with Crippen LogP contribution in [0.3, 0.4) is 0 Å². The summed E-state index contributed by atoms with van der Waals surface area (Å²) in [7, 11) is 3.07. The number of amides is 2. The highest BCUT2D eigenvalue weighted by Crippen LogP contribution is 2.53. The van der Waals surface area contributed by atoms with Gasteiger partial charge in [-0.3, -0.25) is 19.2 Å². The molecule has 2 aromatic rings. The molecule has 0 unspecified atom stereocenters. The molecule has 5 rings (SSSR count). The van der Waals surface area contributed by atoms with Gasteiger partial charge >= 0.3 is 0 Å². The molecule has 3 aliphatic carbocycles. The van der Waals surface area contributed by atoms with E-state index in [2.05, 4.69) is 5.32 Å². The molecule has 0 aliphatic heterocycles. The number of anilines is 1. The molecular formula is C29H29N3O9. The first-order chi connectivity index (χ1) is 19.4. The fourth-order valence-corrected chi connectivity index (χ4v) is 6.09. The second kappa shape index (κ2) is 10.1. The SMILES string of the molecule is CON(C)CC(=O)Nc1ccc(-c2ccc(O)c3c2C[C@H]2C[C@H]4CC(=O)C(C(N)=O)=C(O)[C@@]4(O)C(=O)C2=C3O)cc1. The minimum atomic E-state index is -2.61. The molecule has 0 heterocycles. The first kappa shape index (κ1) is 28.0. The van der Waals surface area contributed by atoms with E-state index in [0.717, 1.165) is 0 Å². The molecule has 7 N–H and O–H groups in total. The van der Waals surface area contributed by atoms with Crippen LogP contribution >= 0.6 is 0 Å². The molecule has 12 heteroatoms. The summed E-state index contributed by atoms with van der Waals surface area (Å²) >= 11 is 0. The number of hydrogen-bond acceptors (Lipinski definition) is 10. The fraction of sp³-hybridized carbons (Fsp3) is 0.310. The highest BCUT2D eigenvalue weighted by atomic mass is 16.7. The topological polar surface area (TPSA) is 200 Å². The van der Waals surface area contributed by atoms with Crippen LogP contribution < -0.4 is 11.1 Å². The summed E-state index contributed by atoms with van der Waals surface area (Å²) in [4.78, 5) is 55.1. The number of ketones is 2. The van der Waals surface area contributed by atoms with E-state index in [1.165, 1.54) is 18.2 Å². The van der Waals surface area contributed by atoms with Crippen LogP contribution in [0.1, 0.15) is 24.0 Å². The van der Waals surface area contributed by atoms with Gasteiger partial charge in [0.25, 0.3) is 5.91 Å². The standard InChI is InChI=1S/C29H29N3O9/c1-32(41-2)12-21(35)31-16-5-3-13(4-6-16)17-7-8-19(33)23-18(17)10-14-9-15-11-20(34)24(28(30)39)27(38)29(15,40)26(37)22(14)25(23)36/h3-8,14-15,33,36,38,40H,9-12H2,1-2H3,(H2,30,39)(H,31,35)/t14-,15+,29+/m1/s1.